The summed E-state index contributed by atoms with van der Waals surface area (Å²) in [5, 5.41) is 35.4. The summed E-state index contributed by atoms with van der Waals surface area (Å²) in [6, 6.07) is 7.84. The molecule has 188 valence electrons. The zero-order valence-corrected chi connectivity index (χ0v) is 19.4. The summed E-state index contributed by atoms with van der Waals surface area (Å²) in [6.45, 7) is 2.81. The van der Waals surface area contributed by atoms with E-state index in [0.717, 1.165) is 5.56 Å². The molecule has 11 heteroatoms. The number of carbonyl (C=O) groups excluding carboxylic acids is 3. The Kier molecular flexibility index (Phi) is 9.59. The van der Waals surface area contributed by atoms with Gasteiger partial charge in [0.15, 0.2) is 0 Å². The molecule has 2 rings (SSSR count). The monoisotopic (exact) mass is 486 g/mol. The summed E-state index contributed by atoms with van der Waals surface area (Å²) in [4.78, 5) is 48.8. The lowest BCUT2D eigenvalue weighted by atomic mass is 10.1. The topological polar surface area (TPSA) is 191 Å². The molecule has 35 heavy (non-hydrogen) atoms. The molecule has 0 aliphatic heterocycles. The van der Waals surface area contributed by atoms with Crippen molar-refractivity contribution >= 4 is 23.7 Å². The summed E-state index contributed by atoms with van der Waals surface area (Å²) in [5.74, 6) is -3.07. The van der Waals surface area contributed by atoms with Gasteiger partial charge in [-0.15, -0.1) is 0 Å². The van der Waals surface area contributed by atoms with Gasteiger partial charge < -0.3 is 37.0 Å². The van der Waals surface area contributed by atoms with Crippen molar-refractivity contribution in [1.82, 2.24) is 16.0 Å². The highest BCUT2D eigenvalue weighted by Gasteiger charge is 2.26. The molecule has 0 bridgehead atoms. The Balaban J connectivity index is 1.86. The average molecular weight is 487 g/mol. The number of aliphatic carboxylic acids is 1. The third-order valence-electron chi connectivity index (χ3n) is 5.22. The maximum atomic E-state index is 12.5. The number of amides is 3. The number of carboxylic acids is 1. The van der Waals surface area contributed by atoms with Crippen LogP contribution in [-0.4, -0.2) is 63.2 Å². The number of carboxylic acid groups (broad SMARTS) is 1. The van der Waals surface area contributed by atoms with Gasteiger partial charge in [0.05, 0.1) is 6.04 Å². The quantitative estimate of drug-likeness (QED) is 0.227. The first-order chi connectivity index (χ1) is 16.5. The molecule has 2 aromatic rings. The smallest absolute Gasteiger partial charge is 0.326 e. The van der Waals surface area contributed by atoms with Crippen molar-refractivity contribution in [2.75, 3.05) is 0 Å². The van der Waals surface area contributed by atoms with Gasteiger partial charge >= 0.3 is 5.97 Å². The number of benzene rings is 2. The Morgan fingerprint density at radius 3 is 1.57 bits per heavy atom. The number of carbonyl (C=O) groups is 4. The molecule has 0 aliphatic carbocycles. The number of phenols is 2. The molecule has 0 saturated carbocycles. The van der Waals surface area contributed by atoms with Gasteiger partial charge in [-0.3, -0.25) is 14.4 Å². The Hall–Kier alpha value is -4.12. The molecule has 0 saturated heterocycles. The van der Waals surface area contributed by atoms with Crippen molar-refractivity contribution in [2.24, 2.45) is 5.73 Å². The Bertz CT molecular complexity index is 1040. The lowest BCUT2D eigenvalue weighted by Gasteiger charge is -2.21. The minimum atomic E-state index is -1.26. The van der Waals surface area contributed by atoms with Gasteiger partial charge in [-0.05, 0) is 55.7 Å². The number of hydrogen-bond donors (Lipinski definition) is 7. The lowest BCUT2D eigenvalue weighted by Crippen LogP contribution is -2.55. The van der Waals surface area contributed by atoms with Crippen molar-refractivity contribution in [3.8, 4) is 11.5 Å². The van der Waals surface area contributed by atoms with Gasteiger partial charge in [0.2, 0.25) is 17.7 Å². The average Bonchev–Trinajstić information content (AvgIpc) is 2.81. The van der Waals surface area contributed by atoms with Crippen molar-refractivity contribution in [2.45, 2.75) is 50.9 Å². The van der Waals surface area contributed by atoms with Crippen LogP contribution in [0, 0.1) is 0 Å². The Morgan fingerprint density at radius 2 is 1.11 bits per heavy atom. The van der Waals surface area contributed by atoms with Crippen LogP contribution >= 0.6 is 0 Å². The van der Waals surface area contributed by atoms with Gasteiger partial charge in [-0.1, -0.05) is 24.3 Å². The van der Waals surface area contributed by atoms with Crippen LogP contribution in [0.15, 0.2) is 48.5 Å². The van der Waals surface area contributed by atoms with E-state index in [4.69, 9.17) is 5.73 Å². The second-order valence-corrected chi connectivity index (χ2v) is 8.21. The first kappa shape index (κ1) is 27.1. The molecule has 0 spiro atoms. The van der Waals surface area contributed by atoms with Gasteiger partial charge in [-0.2, -0.15) is 0 Å². The van der Waals surface area contributed by atoms with Crippen molar-refractivity contribution in [3.63, 3.8) is 0 Å². The molecular formula is C24H30N4O7. The number of phenolic OH excluding ortho intramolecular Hbond substituents is 2. The molecule has 0 fully saturated rings. The highest BCUT2D eigenvalue weighted by Crippen LogP contribution is 2.12. The predicted molar refractivity (Wildman–Crippen MR) is 126 cm³/mol. The van der Waals surface area contributed by atoms with Gasteiger partial charge in [-0.25, -0.2) is 4.79 Å². The summed E-state index contributed by atoms with van der Waals surface area (Å²) in [7, 11) is 0. The molecule has 4 atom stereocenters. The summed E-state index contributed by atoms with van der Waals surface area (Å²) in [6.07, 6.45) is 0.171. The number of hydrogen-bond acceptors (Lipinski definition) is 7. The lowest BCUT2D eigenvalue weighted by molar-refractivity contribution is -0.142. The molecule has 4 unspecified atom stereocenters. The molecule has 2 aromatic carbocycles. The Morgan fingerprint density at radius 1 is 0.714 bits per heavy atom. The first-order valence-electron chi connectivity index (χ1n) is 10.9. The molecule has 11 nitrogen and oxygen atoms in total. The highest BCUT2D eigenvalue weighted by atomic mass is 16.4. The number of rotatable bonds is 11. The molecular weight excluding hydrogens is 456 g/mol. The normalized spacial score (nSPS) is 14.1. The number of aromatic hydroxyl groups is 2. The molecule has 0 heterocycles. The van der Waals surface area contributed by atoms with Crippen LogP contribution in [0.5, 0.6) is 11.5 Å². The van der Waals surface area contributed by atoms with Crippen LogP contribution in [0.4, 0.5) is 0 Å². The molecule has 8 N–H and O–H groups in total. The van der Waals surface area contributed by atoms with Crippen LogP contribution in [0.2, 0.25) is 0 Å². The standard InChI is InChI=1S/C24H30N4O7/c1-13(27-23(33)19(25)11-15-3-7-17(29)8-4-15)21(31)26-14(2)22(32)28-20(24(34)35)12-16-5-9-18(30)10-6-16/h3-10,13-14,19-20,29-30H,11-12,25H2,1-2H3,(H,26,31)(H,27,33)(H,28,32)(H,34,35). The van der Waals surface area contributed by atoms with E-state index in [9.17, 15) is 34.5 Å². The molecule has 3 amide bonds. The van der Waals surface area contributed by atoms with E-state index in [1.807, 2.05) is 0 Å². The fourth-order valence-corrected chi connectivity index (χ4v) is 3.13. The number of nitrogens with two attached hydrogens (primary N) is 1. The highest BCUT2D eigenvalue weighted by molar-refractivity contribution is 5.93. The number of nitrogens with one attached hydrogen (secondary N) is 3. The van der Waals surface area contributed by atoms with Gasteiger partial charge in [0.1, 0.15) is 29.6 Å². The van der Waals surface area contributed by atoms with Gasteiger partial charge in [0, 0.05) is 6.42 Å². The minimum Gasteiger partial charge on any atom is -0.508 e. The first-order valence-corrected chi connectivity index (χ1v) is 10.9. The SMILES string of the molecule is CC(NC(=O)C(N)Cc1ccc(O)cc1)C(=O)NC(C)C(=O)NC(Cc1ccc(O)cc1)C(=O)O. The predicted octanol–water partition coefficient (Wildman–Crippen LogP) is -0.211. The minimum absolute atomic E-state index is 0.0204. The summed E-state index contributed by atoms with van der Waals surface area (Å²) < 4.78 is 0. The largest absolute Gasteiger partial charge is 0.508 e. The molecule has 0 aliphatic rings. The maximum absolute atomic E-state index is 12.5. The molecule has 0 aromatic heterocycles. The van der Waals surface area contributed by atoms with Crippen LogP contribution in [0.3, 0.4) is 0 Å². The van der Waals surface area contributed by atoms with Crippen LogP contribution < -0.4 is 21.7 Å². The van der Waals surface area contributed by atoms with Gasteiger partial charge in [0.25, 0.3) is 0 Å². The van der Waals surface area contributed by atoms with Crippen LogP contribution in [0.25, 0.3) is 0 Å². The van der Waals surface area contributed by atoms with Crippen molar-refractivity contribution in [3.05, 3.63) is 59.7 Å². The van der Waals surface area contributed by atoms with Crippen LogP contribution in [-0.2, 0) is 32.0 Å². The van der Waals surface area contributed by atoms with Crippen molar-refractivity contribution < 1.29 is 34.5 Å². The van der Waals surface area contributed by atoms with E-state index in [1.54, 1.807) is 24.3 Å². The summed E-state index contributed by atoms with van der Waals surface area (Å²) in [5.41, 5.74) is 7.22. The van der Waals surface area contributed by atoms with E-state index in [0.29, 0.717) is 5.56 Å². The van der Waals surface area contributed by atoms with E-state index >= 15 is 0 Å². The van der Waals surface area contributed by atoms with Crippen molar-refractivity contribution in [1.29, 1.82) is 0 Å². The zero-order valence-electron chi connectivity index (χ0n) is 19.4. The zero-order chi connectivity index (χ0) is 26.1. The van der Waals surface area contributed by atoms with E-state index < -0.39 is 47.9 Å². The van der Waals surface area contributed by atoms with E-state index in [-0.39, 0.29) is 24.3 Å². The van der Waals surface area contributed by atoms with E-state index in [1.165, 1.54) is 38.1 Å². The van der Waals surface area contributed by atoms with Crippen LogP contribution in [0.1, 0.15) is 25.0 Å². The fraction of sp³-hybridized carbons (Fsp3) is 0.333. The molecule has 0 radical (unpaired) electrons. The third kappa shape index (κ3) is 8.63. The maximum Gasteiger partial charge on any atom is 0.326 e. The summed E-state index contributed by atoms with van der Waals surface area (Å²) >= 11 is 0. The Labute approximate surface area is 202 Å². The third-order valence-corrected chi connectivity index (χ3v) is 5.22. The second kappa shape index (κ2) is 12.4. The fourth-order valence-electron chi connectivity index (χ4n) is 3.13. The van der Waals surface area contributed by atoms with E-state index in [2.05, 4.69) is 16.0 Å². The second-order valence-electron chi connectivity index (χ2n) is 8.21.